The highest BCUT2D eigenvalue weighted by atomic mass is 16.3. The number of anilines is 1. The summed E-state index contributed by atoms with van der Waals surface area (Å²) in [6.45, 7) is 4.16. The van der Waals surface area contributed by atoms with Crippen LogP contribution in [0.1, 0.15) is 39.5 Å². The largest absolute Gasteiger partial charge is 0.506 e. The quantitative estimate of drug-likeness (QED) is 0.741. The first-order valence-corrected chi connectivity index (χ1v) is 6.27. The summed E-state index contributed by atoms with van der Waals surface area (Å²) in [7, 11) is 0. The van der Waals surface area contributed by atoms with Crippen molar-refractivity contribution in [2.24, 2.45) is 5.92 Å². The van der Waals surface area contributed by atoms with Crippen molar-refractivity contribution >= 4 is 11.6 Å². The van der Waals surface area contributed by atoms with Gasteiger partial charge < -0.3 is 10.4 Å². The van der Waals surface area contributed by atoms with Crippen molar-refractivity contribution in [2.45, 2.75) is 39.5 Å². The Labute approximate surface area is 103 Å². The lowest BCUT2D eigenvalue weighted by molar-refractivity contribution is -0.120. The minimum Gasteiger partial charge on any atom is -0.506 e. The van der Waals surface area contributed by atoms with E-state index in [9.17, 15) is 9.90 Å². The Kier molecular flexibility index (Phi) is 5.53. The van der Waals surface area contributed by atoms with Gasteiger partial charge in [0.1, 0.15) is 5.75 Å². The predicted octanol–water partition coefficient (Wildman–Crippen LogP) is 3.55. The molecular formula is C14H21NO2. The normalized spacial score (nSPS) is 10.5. The highest BCUT2D eigenvalue weighted by molar-refractivity contribution is 5.93. The van der Waals surface area contributed by atoms with Crippen LogP contribution in [0.15, 0.2) is 24.3 Å². The number of phenols is 1. The monoisotopic (exact) mass is 235 g/mol. The van der Waals surface area contributed by atoms with Gasteiger partial charge in [0.15, 0.2) is 0 Å². The zero-order valence-corrected chi connectivity index (χ0v) is 10.6. The topological polar surface area (TPSA) is 49.3 Å². The molecule has 0 radical (unpaired) electrons. The number of benzene rings is 1. The van der Waals surface area contributed by atoms with Crippen LogP contribution in [0, 0.1) is 5.92 Å². The number of para-hydroxylation sites is 2. The molecule has 0 saturated carbocycles. The van der Waals surface area contributed by atoms with Gasteiger partial charge in [-0.1, -0.05) is 38.8 Å². The summed E-state index contributed by atoms with van der Waals surface area (Å²) in [6.07, 6.45) is 3.79. The van der Waals surface area contributed by atoms with Crippen molar-refractivity contribution in [1.82, 2.24) is 0 Å². The van der Waals surface area contributed by atoms with Gasteiger partial charge in [-0.05, 0) is 25.0 Å². The smallest absolute Gasteiger partial charge is 0.227 e. The molecule has 0 unspecified atom stereocenters. The maximum absolute atomic E-state index is 12.0. The molecule has 2 N–H and O–H groups in total. The summed E-state index contributed by atoms with van der Waals surface area (Å²) < 4.78 is 0. The minimum absolute atomic E-state index is 0.00944. The Morgan fingerprint density at radius 1 is 1.24 bits per heavy atom. The Morgan fingerprint density at radius 3 is 2.35 bits per heavy atom. The van der Waals surface area contributed by atoms with Gasteiger partial charge in [0.2, 0.25) is 5.91 Å². The molecule has 0 fully saturated rings. The maximum atomic E-state index is 12.0. The third kappa shape index (κ3) is 4.10. The third-order valence-corrected chi connectivity index (χ3v) is 2.81. The SMILES string of the molecule is CCCC(CCC)C(=O)Nc1ccccc1O. The fraction of sp³-hybridized carbons (Fsp3) is 0.500. The average molecular weight is 235 g/mol. The first-order valence-electron chi connectivity index (χ1n) is 6.27. The van der Waals surface area contributed by atoms with Crippen LogP contribution in [0.25, 0.3) is 0 Å². The molecule has 0 aliphatic rings. The highest BCUT2D eigenvalue weighted by Gasteiger charge is 2.17. The lowest BCUT2D eigenvalue weighted by Crippen LogP contribution is -2.22. The molecule has 0 aliphatic carbocycles. The lowest BCUT2D eigenvalue weighted by Gasteiger charge is -2.15. The highest BCUT2D eigenvalue weighted by Crippen LogP contribution is 2.23. The number of carbonyl (C=O) groups is 1. The van der Waals surface area contributed by atoms with Gasteiger partial charge in [-0.3, -0.25) is 4.79 Å². The molecule has 0 aromatic heterocycles. The van der Waals surface area contributed by atoms with E-state index in [0.717, 1.165) is 25.7 Å². The van der Waals surface area contributed by atoms with Crippen LogP contribution in [0.5, 0.6) is 5.75 Å². The first kappa shape index (κ1) is 13.6. The van der Waals surface area contributed by atoms with E-state index in [1.54, 1.807) is 24.3 Å². The fourth-order valence-electron chi connectivity index (χ4n) is 1.92. The Bertz CT molecular complexity index is 357. The summed E-state index contributed by atoms with van der Waals surface area (Å²) in [5.74, 6) is 0.174. The van der Waals surface area contributed by atoms with E-state index in [1.165, 1.54) is 0 Å². The minimum atomic E-state index is 0.00944. The number of rotatable bonds is 6. The molecule has 94 valence electrons. The van der Waals surface area contributed by atoms with E-state index in [-0.39, 0.29) is 17.6 Å². The van der Waals surface area contributed by atoms with Crippen LogP contribution in [-0.2, 0) is 4.79 Å². The zero-order valence-electron chi connectivity index (χ0n) is 10.6. The zero-order chi connectivity index (χ0) is 12.7. The second kappa shape index (κ2) is 6.94. The molecule has 1 amide bonds. The van der Waals surface area contributed by atoms with Gasteiger partial charge in [0.25, 0.3) is 0 Å². The van der Waals surface area contributed by atoms with Gasteiger partial charge in [0, 0.05) is 5.92 Å². The van der Waals surface area contributed by atoms with E-state index in [0.29, 0.717) is 5.69 Å². The maximum Gasteiger partial charge on any atom is 0.227 e. The van der Waals surface area contributed by atoms with Crippen molar-refractivity contribution in [3.05, 3.63) is 24.3 Å². The standard InChI is InChI=1S/C14H21NO2/c1-3-7-11(8-4-2)14(17)15-12-9-5-6-10-13(12)16/h5-6,9-11,16H,3-4,7-8H2,1-2H3,(H,15,17). The molecule has 0 atom stereocenters. The Hall–Kier alpha value is -1.51. The second-order valence-electron chi connectivity index (χ2n) is 4.28. The number of hydrogen-bond donors (Lipinski definition) is 2. The van der Waals surface area contributed by atoms with Crippen LogP contribution in [0.2, 0.25) is 0 Å². The molecule has 17 heavy (non-hydrogen) atoms. The van der Waals surface area contributed by atoms with Crippen LogP contribution >= 0.6 is 0 Å². The summed E-state index contributed by atoms with van der Waals surface area (Å²) in [5, 5.41) is 12.4. The number of carbonyl (C=O) groups excluding carboxylic acids is 1. The molecule has 0 heterocycles. The van der Waals surface area contributed by atoms with Gasteiger partial charge in [-0.25, -0.2) is 0 Å². The van der Waals surface area contributed by atoms with Gasteiger partial charge >= 0.3 is 0 Å². The summed E-state index contributed by atoms with van der Waals surface area (Å²) >= 11 is 0. The van der Waals surface area contributed by atoms with Gasteiger partial charge in [-0.15, -0.1) is 0 Å². The summed E-state index contributed by atoms with van der Waals surface area (Å²) in [4.78, 5) is 12.0. The number of aromatic hydroxyl groups is 1. The Morgan fingerprint density at radius 2 is 1.82 bits per heavy atom. The molecule has 1 aromatic rings. The first-order chi connectivity index (χ1) is 8.19. The molecule has 3 nitrogen and oxygen atoms in total. The molecule has 0 bridgehead atoms. The fourth-order valence-corrected chi connectivity index (χ4v) is 1.92. The van der Waals surface area contributed by atoms with E-state index in [4.69, 9.17) is 0 Å². The molecule has 0 saturated heterocycles. The molecule has 1 rings (SSSR count). The van der Waals surface area contributed by atoms with E-state index < -0.39 is 0 Å². The van der Waals surface area contributed by atoms with Crippen molar-refractivity contribution in [2.75, 3.05) is 5.32 Å². The third-order valence-electron chi connectivity index (χ3n) is 2.81. The predicted molar refractivity (Wildman–Crippen MR) is 70.0 cm³/mol. The molecule has 3 heteroatoms. The van der Waals surface area contributed by atoms with Gasteiger partial charge in [0.05, 0.1) is 5.69 Å². The van der Waals surface area contributed by atoms with Crippen molar-refractivity contribution in [1.29, 1.82) is 0 Å². The van der Waals surface area contributed by atoms with Crippen molar-refractivity contribution < 1.29 is 9.90 Å². The van der Waals surface area contributed by atoms with Crippen LogP contribution < -0.4 is 5.32 Å². The molecule has 0 aliphatic heterocycles. The number of hydrogen-bond acceptors (Lipinski definition) is 2. The van der Waals surface area contributed by atoms with Gasteiger partial charge in [-0.2, -0.15) is 0 Å². The number of nitrogens with one attached hydrogen (secondary N) is 1. The number of phenolic OH excluding ortho intramolecular Hbond substituents is 1. The van der Waals surface area contributed by atoms with Crippen molar-refractivity contribution in [3.63, 3.8) is 0 Å². The van der Waals surface area contributed by atoms with Crippen LogP contribution in [0.3, 0.4) is 0 Å². The lowest BCUT2D eigenvalue weighted by atomic mass is 9.97. The van der Waals surface area contributed by atoms with E-state index in [1.807, 2.05) is 0 Å². The van der Waals surface area contributed by atoms with Crippen LogP contribution in [-0.4, -0.2) is 11.0 Å². The van der Waals surface area contributed by atoms with E-state index in [2.05, 4.69) is 19.2 Å². The molecular weight excluding hydrogens is 214 g/mol. The summed E-state index contributed by atoms with van der Waals surface area (Å²) in [5.41, 5.74) is 0.495. The second-order valence-corrected chi connectivity index (χ2v) is 4.28. The summed E-state index contributed by atoms with van der Waals surface area (Å²) in [6, 6.07) is 6.82. The van der Waals surface area contributed by atoms with Crippen LogP contribution in [0.4, 0.5) is 5.69 Å². The average Bonchev–Trinajstić information content (AvgIpc) is 2.32. The molecule has 1 aromatic carbocycles. The number of amides is 1. The molecule has 0 spiro atoms. The van der Waals surface area contributed by atoms with Crippen molar-refractivity contribution in [3.8, 4) is 5.75 Å². The Balaban J connectivity index is 2.66. The van der Waals surface area contributed by atoms with E-state index >= 15 is 0 Å².